The van der Waals surface area contributed by atoms with Crippen molar-refractivity contribution in [3.05, 3.63) is 83.6 Å². The highest BCUT2D eigenvalue weighted by atomic mass is 16.5. The molecule has 1 heterocycles. The minimum atomic E-state index is -0.451. The van der Waals surface area contributed by atoms with Gasteiger partial charge in [0.1, 0.15) is 11.6 Å². The molecular weight excluding hydrogens is 422 g/mol. The van der Waals surface area contributed by atoms with Gasteiger partial charge in [-0.3, -0.25) is 14.4 Å². The Kier molecular flexibility index (Phi) is 8.09. The Morgan fingerprint density at radius 1 is 0.909 bits per heavy atom. The van der Waals surface area contributed by atoms with E-state index < -0.39 is 11.8 Å². The number of carbonyl (C=O) groups excluding carboxylic acids is 3. The average molecular weight is 447 g/mol. The summed E-state index contributed by atoms with van der Waals surface area (Å²) < 4.78 is 5.22. The molecule has 0 radical (unpaired) electrons. The smallest absolute Gasteiger partial charge is 0.259 e. The van der Waals surface area contributed by atoms with E-state index >= 15 is 0 Å². The highest BCUT2D eigenvalue weighted by Crippen LogP contribution is 2.24. The van der Waals surface area contributed by atoms with Gasteiger partial charge in [0.05, 0.1) is 18.4 Å². The number of hydrogen-bond acceptors (Lipinski definition) is 6. The van der Waals surface area contributed by atoms with Gasteiger partial charge in [-0.25, -0.2) is 4.98 Å². The van der Waals surface area contributed by atoms with Crippen molar-refractivity contribution < 1.29 is 19.1 Å². The van der Waals surface area contributed by atoms with Crippen molar-refractivity contribution in [2.75, 3.05) is 30.8 Å². The van der Waals surface area contributed by atoms with Crippen LogP contribution in [0.15, 0.2) is 66.9 Å². The van der Waals surface area contributed by atoms with E-state index in [1.807, 2.05) is 0 Å². The normalized spacial score (nSPS) is 10.2. The predicted octanol–water partition coefficient (Wildman–Crippen LogP) is 2.67. The first-order chi connectivity index (χ1) is 16.0. The lowest BCUT2D eigenvalue weighted by atomic mass is 10.1. The van der Waals surface area contributed by atoms with E-state index in [0.717, 1.165) is 0 Å². The van der Waals surface area contributed by atoms with Gasteiger partial charge in [-0.1, -0.05) is 6.07 Å². The lowest BCUT2D eigenvalue weighted by molar-refractivity contribution is 0.0950. The maximum absolute atomic E-state index is 12.8. The topological polar surface area (TPSA) is 135 Å². The number of amides is 3. The number of methoxy groups -OCH3 is 1. The summed E-state index contributed by atoms with van der Waals surface area (Å²) in [5.74, 6) is -0.277. The molecule has 5 N–H and O–H groups in total. The van der Waals surface area contributed by atoms with Crippen LogP contribution < -0.4 is 26.4 Å². The number of nitrogens with two attached hydrogens (primary N) is 1. The molecule has 3 amide bonds. The number of nitrogens with zero attached hydrogens (tertiary/aromatic N) is 1. The van der Waals surface area contributed by atoms with Gasteiger partial charge in [0.15, 0.2) is 0 Å². The molecule has 9 heteroatoms. The molecule has 0 unspecified atom stereocenters. The van der Waals surface area contributed by atoms with Crippen molar-refractivity contribution >= 4 is 29.2 Å². The number of rotatable bonds is 9. The maximum atomic E-state index is 12.8. The minimum Gasteiger partial charge on any atom is -0.497 e. The predicted molar refractivity (Wildman–Crippen MR) is 126 cm³/mol. The number of carbonyl (C=O) groups is 3. The third-order valence-electron chi connectivity index (χ3n) is 4.70. The van der Waals surface area contributed by atoms with E-state index in [1.165, 1.54) is 13.2 Å². The third kappa shape index (κ3) is 6.37. The number of aromatic nitrogens is 1. The first-order valence-corrected chi connectivity index (χ1v) is 10.3. The van der Waals surface area contributed by atoms with E-state index in [4.69, 9.17) is 10.5 Å². The van der Waals surface area contributed by atoms with Crippen LogP contribution in [0, 0.1) is 0 Å². The molecule has 170 valence electrons. The molecular formula is C24H25N5O4. The number of pyridine rings is 1. The lowest BCUT2D eigenvalue weighted by Gasteiger charge is -2.13. The first-order valence-electron chi connectivity index (χ1n) is 10.3. The van der Waals surface area contributed by atoms with Crippen molar-refractivity contribution in [3.8, 4) is 5.75 Å². The van der Waals surface area contributed by atoms with Gasteiger partial charge in [-0.05, 0) is 67.6 Å². The number of anilines is 2. The fraction of sp³-hybridized carbons (Fsp3) is 0.167. The molecule has 0 saturated carbocycles. The lowest BCUT2D eigenvalue weighted by Crippen LogP contribution is -2.26. The molecule has 0 spiro atoms. The van der Waals surface area contributed by atoms with E-state index in [0.29, 0.717) is 47.9 Å². The SMILES string of the molecule is COc1ccc(NC(=O)c2ccc(C(=O)NCCCN)cc2)c(C(=O)Nc2ccccn2)c1. The zero-order chi connectivity index (χ0) is 23.6. The molecule has 0 aliphatic heterocycles. The third-order valence-corrected chi connectivity index (χ3v) is 4.70. The highest BCUT2D eigenvalue weighted by Gasteiger charge is 2.17. The van der Waals surface area contributed by atoms with Crippen LogP contribution in [-0.2, 0) is 0 Å². The molecule has 3 aromatic rings. The van der Waals surface area contributed by atoms with Crippen molar-refractivity contribution in [1.29, 1.82) is 0 Å². The van der Waals surface area contributed by atoms with Gasteiger partial charge in [0.2, 0.25) is 0 Å². The standard InChI is InChI=1S/C24H25N5O4/c1-33-18-10-11-20(19(15-18)24(32)29-21-5-2-3-13-26-21)28-23(31)17-8-6-16(7-9-17)22(30)27-14-4-12-25/h2-3,5-11,13,15H,4,12,14,25H2,1H3,(H,27,30)(H,28,31)(H,26,29,32). The van der Waals surface area contributed by atoms with Crippen molar-refractivity contribution in [2.24, 2.45) is 5.73 Å². The zero-order valence-corrected chi connectivity index (χ0v) is 18.1. The molecule has 0 bridgehead atoms. The highest BCUT2D eigenvalue weighted by molar-refractivity contribution is 6.12. The van der Waals surface area contributed by atoms with Crippen LogP contribution in [0.2, 0.25) is 0 Å². The minimum absolute atomic E-state index is 0.212. The number of ether oxygens (including phenoxy) is 1. The number of hydrogen-bond donors (Lipinski definition) is 4. The van der Waals surface area contributed by atoms with Gasteiger partial charge in [0.25, 0.3) is 17.7 Å². The van der Waals surface area contributed by atoms with Gasteiger partial charge in [-0.15, -0.1) is 0 Å². The molecule has 3 rings (SSSR count). The van der Waals surface area contributed by atoms with Crippen LogP contribution in [0.1, 0.15) is 37.5 Å². The molecule has 0 aliphatic carbocycles. The van der Waals surface area contributed by atoms with E-state index in [2.05, 4.69) is 20.9 Å². The molecule has 0 atom stereocenters. The summed E-state index contributed by atoms with van der Waals surface area (Å²) in [4.78, 5) is 41.8. The molecule has 1 aromatic heterocycles. The fourth-order valence-corrected chi connectivity index (χ4v) is 2.94. The summed E-state index contributed by atoms with van der Waals surface area (Å²) in [6.45, 7) is 0.977. The zero-order valence-electron chi connectivity index (χ0n) is 18.1. The number of benzene rings is 2. The quantitative estimate of drug-likeness (QED) is 0.373. The van der Waals surface area contributed by atoms with Gasteiger partial charge in [-0.2, -0.15) is 0 Å². The second-order valence-corrected chi connectivity index (χ2v) is 7.01. The van der Waals surface area contributed by atoms with Gasteiger partial charge in [0, 0.05) is 23.9 Å². The van der Waals surface area contributed by atoms with Crippen LogP contribution in [0.3, 0.4) is 0 Å². The molecule has 0 saturated heterocycles. The van der Waals surface area contributed by atoms with Gasteiger partial charge >= 0.3 is 0 Å². The molecule has 0 aliphatic rings. The number of nitrogens with one attached hydrogen (secondary N) is 3. The molecule has 2 aromatic carbocycles. The van der Waals surface area contributed by atoms with Crippen LogP contribution in [0.4, 0.5) is 11.5 Å². The maximum Gasteiger partial charge on any atom is 0.259 e. The summed E-state index contributed by atoms with van der Waals surface area (Å²) in [7, 11) is 1.49. The summed E-state index contributed by atoms with van der Waals surface area (Å²) in [6, 6.07) is 16.1. The van der Waals surface area contributed by atoms with E-state index in [-0.39, 0.29) is 11.5 Å². The van der Waals surface area contributed by atoms with Crippen molar-refractivity contribution in [3.63, 3.8) is 0 Å². The Morgan fingerprint density at radius 2 is 1.64 bits per heavy atom. The van der Waals surface area contributed by atoms with Crippen molar-refractivity contribution in [1.82, 2.24) is 10.3 Å². The Labute approximate surface area is 191 Å². The Morgan fingerprint density at radius 3 is 2.27 bits per heavy atom. The Hall–Kier alpha value is -4.24. The van der Waals surface area contributed by atoms with Crippen LogP contribution in [-0.4, -0.2) is 42.9 Å². The van der Waals surface area contributed by atoms with Crippen LogP contribution >= 0.6 is 0 Å². The molecule has 33 heavy (non-hydrogen) atoms. The second kappa shape index (κ2) is 11.4. The summed E-state index contributed by atoms with van der Waals surface area (Å²) in [5, 5.41) is 8.20. The Bertz CT molecular complexity index is 1120. The average Bonchev–Trinajstić information content (AvgIpc) is 2.85. The molecule has 9 nitrogen and oxygen atoms in total. The second-order valence-electron chi connectivity index (χ2n) is 7.01. The fourth-order valence-electron chi connectivity index (χ4n) is 2.94. The van der Waals surface area contributed by atoms with Crippen LogP contribution in [0.25, 0.3) is 0 Å². The summed E-state index contributed by atoms with van der Waals surface area (Å²) in [6.07, 6.45) is 2.25. The van der Waals surface area contributed by atoms with Gasteiger partial charge < -0.3 is 26.4 Å². The van der Waals surface area contributed by atoms with Crippen LogP contribution in [0.5, 0.6) is 5.75 Å². The largest absolute Gasteiger partial charge is 0.497 e. The first kappa shape index (κ1) is 23.4. The monoisotopic (exact) mass is 447 g/mol. The van der Waals surface area contributed by atoms with E-state index in [9.17, 15) is 14.4 Å². The van der Waals surface area contributed by atoms with E-state index in [1.54, 1.807) is 60.8 Å². The molecule has 0 fully saturated rings. The summed E-state index contributed by atoms with van der Waals surface area (Å²) >= 11 is 0. The summed E-state index contributed by atoms with van der Waals surface area (Å²) in [5.41, 5.74) is 6.71. The van der Waals surface area contributed by atoms with Crippen molar-refractivity contribution in [2.45, 2.75) is 6.42 Å². The Balaban J connectivity index is 1.75.